The number of halogens is 1. The van der Waals surface area contributed by atoms with Gasteiger partial charge in [0.05, 0.1) is 13.0 Å². The van der Waals surface area contributed by atoms with E-state index in [1.165, 1.54) is 21.4 Å². The number of amides is 1. The van der Waals surface area contributed by atoms with E-state index in [0.717, 1.165) is 16.3 Å². The number of hydrogen-bond acceptors (Lipinski definition) is 3. The van der Waals surface area contributed by atoms with E-state index in [-0.39, 0.29) is 36.9 Å². The van der Waals surface area contributed by atoms with Crippen LogP contribution in [0.25, 0.3) is 22.2 Å². The van der Waals surface area contributed by atoms with E-state index in [0.29, 0.717) is 11.4 Å². The average Bonchev–Trinajstić information content (AvgIpc) is 3.03. The Hall–Kier alpha value is -3.74. The zero-order valence-corrected chi connectivity index (χ0v) is 16.5. The monoisotopic (exact) mass is 404 g/mol. The molecule has 30 heavy (non-hydrogen) atoms. The number of nitrogens with one attached hydrogen (secondary N) is 1. The normalized spacial score (nSPS) is 11.0. The second kappa shape index (κ2) is 8.32. The van der Waals surface area contributed by atoms with Gasteiger partial charge in [-0.05, 0) is 40.6 Å². The number of carbonyl (C=O) groups excluding carboxylic acids is 1. The molecule has 1 amide bonds. The second-order valence-electron chi connectivity index (χ2n) is 7.06. The van der Waals surface area contributed by atoms with E-state index in [4.69, 9.17) is 0 Å². The topological polar surface area (TPSA) is 68.9 Å². The summed E-state index contributed by atoms with van der Waals surface area (Å²) in [4.78, 5) is 24.8. The van der Waals surface area contributed by atoms with Gasteiger partial charge in [-0.1, -0.05) is 42.5 Å². The molecule has 6 nitrogen and oxygen atoms in total. The minimum absolute atomic E-state index is 0.117. The summed E-state index contributed by atoms with van der Waals surface area (Å²) in [5.74, 6) is -0.0201. The molecule has 4 rings (SSSR count). The van der Waals surface area contributed by atoms with Gasteiger partial charge in [0.2, 0.25) is 5.91 Å². The van der Waals surface area contributed by atoms with Crippen LogP contribution in [0.4, 0.5) is 4.39 Å². The highest BCUT2D eigenvalue weighted by Gasteiger charge is 2.13. The minimum Gasteiger partial charge on any atom is -0.354 e. The standard InChI is InChI=1S/C23H21FN4O2/c1-27-22(17-9-11-19(24)12-10-17)26-28(23(27)30)14-13-25-21(29)15-18-7-4-6-16-5-2-3-8-20(16)18/h2-12H,13-15H2,1H3,(H,25,29). The predicted octanol–water partition coefficient (Wildman–Crippen LogP) is 2.90. The highest BCUT2D eigenvalue weighted by Crippen LogP contribution is 2.19. The van der Waals surface area contributed by atoms with Crippen molar-refractivity contribution >= 4 is 16.7 Å². The van der Waals surface area contributed by atoms with Gasteiger partial charge in [0.15, 0.2) is 5.82 Å². The van der Waals surface area contributed by atoms with Gasteiger partial charge in [-0.25, -0.2) is 13.9 Å². The minimum atomic E-state index is -0.350. The molecule has 0 radical (unpaired) electrons. The van der Waals surface area contributed by atoms with E-state index in [1.54, 1.807) is 19.2 Å². The predicted molar refractivity (Wildman–Crippen MR) is 114 cm³/mol. The summed E-state index contributed by atoms with van der Waals surface area (Å²) < 4.78 is 15.8. The van der Waals surface area contributed by atoms with Crippen molar-refractivity contribution in [3.05, 3.63) is 88.6 Å². The van der Waals surface area contributed by atoms with Crippen LogP contribution in [0.3, 0.4) is 0 Å². The maximum atomic E-state index is 13.1. The molecule has 0 saturated carbocycles. The first-order valence-electron chi connectivity index (χ1n) is 9.66. The molecule has 1 heterocycles. The van der Waals surface area contributed by atoms with Gasteiger partial charge in [0.25, 0.3) is 0 Å². The Morgan fingerprint density at radius 1 is 1.03 bits per heavy atom. The summed E-state index contributed by atoms with van der Waals surface area (Å²) in [7, 11) is 1.61. The molecule has 0 spiro atoms. The molecule has 4 aromatic rings. The van der Waals surface area contributed by atoms with Crippen molar-refractivity contribution in [3.63, 3.8) is 0 Å². The molecule has 0 bridgehead atoms. The van der Waals surface area contributed by atoms with Gasteiger partial charge in [-0.2, -0.15) is 0 Å². The van der Waals surface area contributed by atoms with E-state index in [2.05, 4.69) is 10.4 Å². The Kier molecular flexibility index (Phi) is 5.43. The highest BCUT2D eigenvalue weighted by molar-refractivity contribution is 5.90. The lowest BCUT2D eigenvalue weighted by atomic mass is 10.0. The van der Waals surface area contributed by atoms with Crippen molar-refractivity contribution in [3.8, 4) is 11.4 Å². The van der Waals surface area contributed by atoms with Crippen LogP contribution in [-0.2, 0) is 24.8 Å². The molecule has 0 aliphatic carbocycles. The molecule has 7 heteroatoms. The molecule has 0 aliphatic rings. The van der Waals surface area contributed by atoms with Crippen molar-refractivity contribution in [1.82, 2.24) is 19.7 Å². The van der Waals surface area contributed by atoms with Crippen molar-refractivity contribution in [2.75, 3.05) is 6.54 Å². The quantitative estimate of drug-likeness (QED) is 0.537. The van der Waals surface area contributed by atoms with Gasteiger partial charge in [0.1, 0.15) is 5.82 Å². The smallest absolute Gasteiger partial charge is 0.345 e. The third kappa shape index (κ3) is 4.00. The number of nitrogens with zero attached hydrogens (tertiary/aromatic N) is 3. The van der Waals surface area contributed by atoms with Crippen LogP contribution in [0, 0.1) is 5.82 Å². The van der Waals surface area contributed by atoms with Crippen molar-refractivity contribution < 1.29 is 9.18 Å². The molecular formula is C23H21FN4O2. The summed E-state index contributed by atoms with van der Waals surface area (Å²) in [6.07, 6.45) is 0.263. The van der Waals surface area contributed by atoms with Crippen LogP contribution in [0.15, 0.2) is 71.5 Å². The number of benzene rings is 3. The van der Waals surface area contributed by atoms with Gasteiger partial charge < -0.3 is 5.32 Å². The van der Waals surface area contributed by atoms with Crippen molar-refractivity contribution in [2.24, 2.45) is 7.05 Å². The first-order chi connectivity index (χ1) is 14.5. The summed E-state index contributed by atoms with van der Waals surface area (Å²) in [5.41, 5.74) is 1.31. The first-order valence-corrected chi connectivity index (χ1v) is 9.66. The number of hydrogen-bond donors (Lipinski definition) is 1. The molecule has 3 aromatic carbocycles. The van der Waals surface area contributed by atoms with Crippen LogP contribution < -0.4 is 11.0 Å². The fourth-order valence-electron chi connectivity index (χ4n) is 3.47. The summed E-state index contributed by atoms with van der Waals surface area (Å²) >= 11 is 0. The van der Waals surface area contributed by atoms with Crippen LogP contribution in [0.1, 0.15) is 5.56 Å². The van der Waals surface area contributed by atoms with Crippen molar-refractivity contribution in [2.45, 2.75) is 13.0 Å². The summed E-state index contributed by atoms with van der Waals surface area (Å²) in [6, 6.07) is 19.6. The first kappa shape index (κ1) is 19.6. The fourth-order valence-corrected chi connectivity index (χ4v) is 3.47. The summed E-state index contributed by atoms with van der Waals surface area (Å²) in [6.45, 7) is 0.526. The van der Waals surface area contributed by atoms with Gasteiger partial charge >= 0.3 is 5.69 Å². The zero-order chi connectivity index (χ0) is 21.1. The Balaban J connectivity index is 1.40. The Labute approximate surface area is 172 Å². The highest BCUT2D eigenvalue weighted by atomic mass is 19.1. The largest absolute Gasteiger partial charge is 0.354 e. The molecule has 0 aliphatic heterocycles. The van der Waals surface area contributed by atoms with Crippen molar-refractivity contribution in [1.29, 1.82) is 0 Å². The average molecular weight is 404 g/mol. The van der Waals surface area contributed by atoms with Gasteiger partial charge in [-0.15, -0.1) is 5.10 Å². The third-order valence-electron chi connectivity index (χ3n) is 5.02. The van der Waals surface area contributed by atoms with Crippen LogP contribution >= 0.6 is 0 Å². The Bertz CT molecular complexity index is 1250. The molecule has 0 atom stereocenters. The van der Waals surface area contributed by atoms with E-state index in [1.807, 2.05) is 42.5 Å². The fraction of sp³-hybridized carbons (Fsp3) is 0.174. The SMILES string of the molecule is Cn1c(-c2ccc(F)cc2)nn(CCNC(=O)Cc2cccc3ccccc23)c1=O. The Morgan fingerprint density at radius 3 is 2.57 bits per heavy atom. The van der Waals surface area contributed by atoms with Gasteiger partial charge in [-0.3, -0.25) is 9.36 Å². The molecule has 0 fully saturated rings. The Morgan fingerprint density at radius 2 is 1.77 bits per heavy atom. The number of carbonyl (C=O) groups is 1. The maximum Gasteiger partial charge on any atom is 0.345 e. The maximum absolute atomic E-state index is 13.1. The van der Waals surface area contributed by atoms with E-state index in [9.17, 15) is 14.0 Å². The summed E-state index contributed by atoms with van der Waals surface area (Å²) in [5, 5.41) is 9.32. The number of aromatic nitrogens is 3. The molecule has 0 saturated heterocycles. The molecule has 152 valence electrons. The van der Waals surface area contributed by atoms with Crippen LogP contribution in [0.5, 0.6) is 0 Å². The lowest BCUT2D eigenvalue weighted by Crippen LogP contribution is -2.32. The third-order valence-corrected chi connectivity index (χ3v) is 5.02. The second-order valence-corrected chi connectivity index (χ2v) is 7.06. The molecule has 1 aromatic heterocycles. The lowest BCUT2D eigenvalue weighted by Gasteiger charge is -2.08. The molecular weight excluding hydrogens is 383 g/mol. The molecule has 0 unspecified atom stereocenters. The van der Waals surface area contributed by atoms with Crippen LogP contribution in [0.2, 0.25) is 0 Å². The van der Waals surface area contributed by atoms with E-state index < -0.39 is 0 Å². The number of fused-ring (bicyclic) bond motifs is 1. The number of rotatable bonds is 6. The molecule has 1 N–H and O–H groups in total. The van der Waals surface area contributed by atoms with E-state index >= 15 is 0 Å². The van der Waals surface area contributed by atoms with Crippen LogP contribution in [-0.4, -0.2) is 26.8 Å². The lowest BCUT2D eigenvalue weighted by molar-refractivity contribution is -0.120. The van der Waals surface area contributed by atoms with Gasteiger partial charge in [0, 0.05) is 19.2 Å². The zero-order valence-electron chi connectivity index (χ0n) is 16.5.